The molecular weight excluding hydrogens is 262 g/mol. The van der Waals surface area contributed by atoms with Crippen LogP contribution in [0.25, 0.3) is 0 Å². The van der Waals surface area contributed by atoms with Gasteiger partial charge in [0.25, 0.3) is 0 Å². The fourth-order valence-electron chi connectivity index (χ4n) is 5.05. The summed E-state index contributed by atoms with van der Waals surface area (Å²) in [7, 11) is 0. The Labute approximate surface area is 126 Å². The molecule has 0 saturated heterocycles. The van der Waals surface area contributed by atoms with Gasteiger partial charge in [-0.15, -0.1) is 0 Å². The van der Waals surface area contributed by atoms with Crippen LogP contribution in [0.4, 0.5) is 0 Å². The third kappa shape index (κ3) is 1.78. The lowest BCUT2D eigenvalue weighted by atomic mass is 9.47. The molecule has 3 rings (SSSR count). The number of carbonyl (C=O) groups excluding carboxylic acids is 1. The number of Topliss-reactive ketones (excluding diaryl/α,β-unsaturated/α-hetero) is 1. The van der Waals surface area contributed by atoms with Crippen LogP contribution >= 0.6 is 0 Å². The molecule has 0 amide bonds. The molecule has 0 aliphatic heterocycles. The third-order valence-corrected chi connectivity index (χ3v) is 6.31. The summed E-state index contributed by atoms with van der Waals surface area (Å²) in [6.07, 6.45) is 7.38. The van der Waals surface area contributed by atoms with Crippen molar-refractivity contribution in [3.05, 3.63) is 23.3 Å². The molecule has 2 unspecified atom stereocenters. The van der Waals surface area contributed by atoms with Gasteiger partial charge in [-0.2, -0.15) is 5.26 Å². The number of hydrogen-bond donors (Lipinski definition) is 1. The molecule has 3 nitrogen and oxygen atoms in total. The van der Waals surface area contributed by atoms with E-state index in [-0.39, 0.29) is 34.6 Å². The maximum atomic E-state index is 12.3. The topological polar surface area (TPSA) is 61.1 Å². The van der Waals surface area contributed by atoms with E-state index in [1.807, 2.05) is 13.0 Å². The molecule has 3 aliphatic rings. The molecule has 0 heterocycles. The predicted molar refractivity (Wildman–Crippen MR) is 80.1 cm³/mol. The fourth-order valence-corrected chi connectivity index (χ4v) is 5.05. The Kier molecular flexibility index (Phi) is 3.15. The van der Waals surface area contributed by atoms with Crippen molar-refractivity contribution < 1.29 is 9.90 Å². The summed E-state index contributed by atoms with van der Waals surface area (Å²) in [4.78, 5) is 12.3. The quantitative estimate of drug-likeness (QED) is 0.695. The molecule has 1 N–H and O–H groups in total. The molecule has 21 heavy (non-hydrogen) atoms. The Morgan fingerprint density at radius 2 is 2.10 bits per heavy atom. The number of allylic oxidation sites excluding steroid dienone is 3. The lowest BCUT2D eigenvalue weighted by Gasteiger charge is -2.56. The molecule has 1 fully saturated rings. The summed E-state index contributed by atoms with van der Waals surface area (Å²) in [5, 5.41) is 19.8. The second-order valence-corrected chi connectivity index (χ2v) is 7.38. The van der Waals surface area contributed by atoms with Gasteiger partial charge in [0.15, 0.2) is 5.78 Å². The zero-order valence-electron chi connectivity index (χ0n) is 13.0. The average Bonchev–Trinajstić information content (AvgIpc) is 2.45. The van der Waals surface area contributed by atoms with Gasteiger partial charge >= 0.3 is 0 Å². The Hall–Kier alpha value is -1.40. The molecule has 5 atom stereocenters. The molecule has 0 aromatic heterocycles. The normalized spacial score (nSPS) is 45.9. The monoisotopic (exact) mass is 285 g/mol. The SMILES string of the molecule is C[C@H]1C(=O)C(C#N)=C[C@]2(C)C3=CCC[C@@H](O)C3(C)CCC12. The summed E-state index contributed by atoms with van der Waals surface area (Å²) >= 11 is 0. The van der Waals surface area contributed by atoms with Gasteiger partial charge < -0.3 is 5.11 Å². The van der Waals surface area contributed by atoms with Gasteiger partial charge in [-0.3, -0.25) is 4.79 Å². The highest BCUT2D eigenvalue weighted by atomic mass is 16.3. The zero-order valence-corrected chi connectivity index (χ0v) is 13.0. The van der Waals surface area contributed by atoms with E-state index in [9.17, 15) is 15.2 Å². The Balaban J connectivity index is 2.18. The highest BCUT2D eigenvalue weighted by Crippen LogP contribution is 2.61. The first-order valence-electron chi connectivity index (χ1n) is 7.91. The standard InChI is InChI=1S/C18H23NO2/c1-11-13-7-8-17(2)14(5-4-6-15(17)20)18(13,3)9-12(10-19)16(11)21/h5,9,11,13,15,20H,4,6-8H2,1-3H3/t11-,13?,15-,17?,18+/m1/s1. The molecule has 0 bridgehead atoms. The van der Waals surface area contributed by atoms with Gasteiger partial charge in [-0.1, -0.05) is 38.5 Å². The van der Waals surface area contributed by atoms with E-state index in [4.69, 9.17) is 0 Å². The van der Waals surface area contributed by atoms with Gasteiger partial charge in [0.2, 0.25) is 0 Å². The Morgan fingerprint density at radius 1 is 1.38 bits per heavy atom. The van der Waals surface area contributed by atoms with E-state index in [1.165, 1.54) is 5.57 Å². The number of fused-ring (bicyclic) bond motifs is 3. The van der Waals surface area contributed by atoms with Crippen LogP contribution in [0.15, 0.2) is 23.3 Å². The minimum absolute atomic E-state index is 0.0134. The number of rotatable bonds is 0. The first-order valence-corrected chi connectivity index (χ1v) is 7.91. The number of aliphatic hydroxyl groups is 1. The van der Waals surface area contributed by atoms with E-state index in [0.717, 1.165) is 25.7 Å². The third-order valence-electron chi connectivity index (χ3n) is 6.31. The van der Waals surface area contributed by atoms with Crippen molar-refractivity contribution in [1.29, 1.82) is 5.26 Å². The first-order chi connectivity index (χ1) is 9.84. The second-order valence-electron chi connectivity index (χ2n) is 7.38. The van der Waals surface area contributed by atoms with E-state index >= 15 is 0 Å². The maximum Gasteiger partial charge on any atom is 0.176 e. The van der Waals surface area contributed by atoms with Crippen molar-refractivity contribution in [3.63, 3.8) is 0 Å². The highest BCUT2D eigenvalue weighted by Gasteiger charge is 2.56. The number of nitrogens with zero attached hydrogens (tertiary/aromatic N) is 1. The average molecular weight is 285 g/mol. The van der Waals surface area contributed by atoms with Gasteiger partial charge in [-0.05, 0) is 31.6 Å². The van der Waals surface area contributed by atoms with Crippen molar-refractivity contribution in [2.24, 2.45) is 22.7 Å². The van der Waals surface area contributed by atoms with Gasteiger partial charge in [0.05, 0.1) is 11.7 Å². The molecule has 112 valence electrons. The van der Waals surface area contributed by atoms with Crippen molar-refractivity contribution >= 4 is 5.78 Å². The Bertz CT molecular complexity index is 597. The van der Waals surface area contributed by atoms with Crippen molar-refractivity contribution in [2.45, 2.75) is 52.6 Å². The van der Waals surface area contributed by atoms with Crippen LogP contribution < -0.4 is 0 Å². The zero-order chi connectivity index (χ0) is 15.4. The number of aliphatic hydroxyl groups excluding tert-OH is 1. The van der Waals surface area contributed by atoms with Gasteiger partial charge in [0.1, 0.15) is 6.07 Å². The van der Waals surface area contributed by atoms with Crippen LogP contribution in [0.5, 0.6) is 0 Å². The molecule has 0 aromatic rings. The summed E-state index contributed by atoms with van der Waals surface area (Å²) in [6, 6.07) is 2.08. The minimum Gasteiger partial charge on any atom is -0.392 e. The fraction of sp³-hybridized carbons (Fsp3) is 0.667. The van der Waals surface area contributed by atoms with Crippen LogP contribution in [0.2, 0.25) is 0 Å². The lowest BCUT2D eigenvalue weighted by Crippen LogP contribution is -2.52. The second kappa shape index (κ2) is 4.55. The number of hydrogen-bond acceptors (Lipinski definition) is 3. The van der Waals surface area contributed by atoms with Crippen molar-refractivity contribution in [1.82, 2.24) is 0 Å². The largest absolute Gasteiger partial charge is 0.392 e. The predicted octanol–water partition coefficient (Wildman–Crippen LogP) is 3.16. The van der Waals surface area contributed by atoms with E-state index < -0.39 is 0 Å². The molecule has 1 saturated carbocycles. The van der Waals surface area contributed by atoms with Crippen molar-refractivity contribution in [2.75, 3.05) is 0 Å². The summed E-state index contributed by atoms with van der Waals surface area (Å²) in [6.45, 7) is 6.25. The van der Waals surface area contributed by atoms with Crippen LogP contribution in [0.3, 0.4) is 0 Å². The number of nitriles is 1. The molecular formula is C18H23NO2. The van der Waals surface area contributed by atoms with Crippen molar-refractivity contribution in [3.8, 4) is 6.07 Å². The minimum atomic E-state index is -0.317. The van der Waals surface area contributed by atoms with E-state index in [2.05, 4.69) is 26.0 Å². The van der Waals surface area contributed by atoms with E-state index in [1.54, 1.807) is 0 Å². The summed E-state index contributed by atoms with van der Waals surface area (Å²) < 4.78 is 0. The number of ketones is 1. The highest BCUT2D eigenvalue weighted by molar-refractivity contribution is 6.02. The maximum absolute atomic E-state index is 12.3. The van der Waals surface area contributed by atoms with Gasteiger partial charge in [-0.25, -0.2) is 0 Å². The summed E-state index contributed by atoms with van der Waals surface area (Å²) in [5.74, 6) is 0.117. The summed E-state index contributed by atoms with van der Waals surface area (Å²) in [5.41, 5.74) is 1.07. The van der Waals surface area contributed by atoms with Gasteiger partial charge in [0, 0.05) is 16.7 Å². The molecule has 0 radical (unpaired) electrons. The molecule has 0 aromatic carbocycles. The number of carbonyl (C=O) groups is 1. The van der Waals surface area contributed by atoms with Crippen LogP contribution in [-0.4, -0.2) is 17.0 Å². The van der Waals surface area contributed by atoms with Crippen LogP contribution in [-0.2, 0) is 4.79 Å². The molecule has 0 spiro atoms. The molecule has 3 aliphatic carbocycles. The Morgan fingerprint density at radius 3 is 2.76 bits per heavy atom. The smallest absolute Gasteiger partial charge is 0.176 e. The lowest BCUT2D eigenvalue weighted by molar-refractivity contribution is -0.123. The van der Waals surface area contributed by atoms with E-state index in [0.29, 0.717) is 5.57 Å². The first kappa shape index (κ1) is 14.5. The van der Waals surface area contributed by atoms with Crippen LogP contribution in [0.1, 0.15) is 46.5 Å². The molecule has 3 heteroatoms. The van der Waals surface area contributed by atoms with Crippen LogP contribution in [0, 0.1) is 34.0 Å².